The van der Waals surface area contributed by atoms with Crippen molar-refractivity contribution in [3.05, 3.63) is 35.4 Å². The Hall–Kier alpha value is -1.88. The molecule has 5 heteroatoms. The van der Waals surface area contributed by atoms with Crippen molar-refractivity contribution >= 4 is 11.9 Å². The lowest BCUT2D eigenvalue weighted by Crippen LogP contribution is -2.06. The van der Waals surface area contributed by atoms with Gasteiger partial charge < -0.3 is 5.11 Å². The summed E-state index contributed by atoms with van der Waals surface area (Å²) in [5.74, 6) is -1.69. The molecule has 0 fully saturated rings. The SMILES string of the molecule is CCOOC(=O)c1ccc(C(=O)O)cc1. The number of carbonyl (C=O) groups is 2. The number of carboxylic acid groups (broad SMARTS) is 1. The topological polar surface area (TPSA) is 72.8 Å². The summed E-state index contributed by atoms with van der Waals surface area (Å²) in [7, 11) is 0. The predicted octanol–water partition coefficient (Wildman–Crippen LogP) is 1.49. The van der Waals surface area contributed by atoms with Gasteiger partial charge in [0.25, 0.3) is 0 Å². The zero-order chi connectivity index (χ0) is 11.3. The lowest BCUT2D eigenvalue weighted by Gasteiger charge is -2.01. The van der Waals surface area contributed by atoms with Gasteiger partial charge in [0.15, 0.2) is 0 Å². The fourth-order valence-corrected chi connectivity index (χ4v) is 0.909. The van der Waals surface area contributed by atoms with Crippen LogP contribution >= 0.6 is 0 Å². The average Bonchev–Trinajstić information content (AvgIpc) is 2.26. The van der Waals surface area contributed by atoms with E-state index in [4.69, 9.17) is 5.11 Å². The van der Waals surface area contributed by atoms with Crippen LogP contribution in [0.4, 0.5) is 0 Å². The molecule has 1 rings (SSSR count). The Morgan fingerprint density at radius 1 is 1.20 bits per heavy atom. The molecule has 1 aromatic carbocycles. The first-order valence-electron chi connectivity index (χ1n) is 4.32. The number of carbonyl (C=O) groups excluding carboxylic acids is 1. The van der Waals surface area contributed by atoms with E-state index in [9.17, 15) is 9.59 Å². The average molecular weight is 210 g/mol. The number of hydrogen-bond donors (Lipinski definition) is 1. The third-order valence-corrected chi connectivity index (χ3v) is 1.62. The molecule has 0 unspecified atom stereocenters. The second-order valence-corrected chi connectivity index (χ2v) is 2.66. The van der Waals surface area contributed by atoms with Gasteiger partial charge in [0.2, 0.25) is 0 Å². The van der Waals surface area contributed by atoms with E-state index in [0.29, 0.717) is 0 Å². The van der Waals surface area contributed by atoms with Gasteiger partial charge in [0.05, 0.1) is 17.7 Å². The van der Waals surface area contributed by atoms with E-state index in [1.54, 1.807) is 6.92 Å². The number of hydrogen-bond acceptors (Lipinski definition) is 4. The Morgan fingerprint density at radius 2 is 1.73 bits per heavy atom. The van der Waals surface area contributed by atoms with Crippen LogP contribution in [0.2, 0.25) is 0 Å². The van der Waals surface area contributed by atoms with Crippen LogP contribution in [0.15, 0.2) is 24.3 Å². The van der Waals surface area contributed by atoms with Crippen molar-refractivity contribution in [1.82, 2.24) is 0 Å². The lowest BCUT2D eigenvalue weighted by atomic mass is 10.1. The molecule has 1 aromatic rings. The van der Waals surface area contributed by atoms with E-state index < -0.39 is 11.9 Å². The maximum atomic E-state index is 11.2. The molecule has 0 aliphatic rings. The highest BCUT2D eigenvalue weighted by Gasteiger charge is 2.09. The standard InChI is InChI=1S/C10H10O5/c1-2-14-15-10(13)8-5-3-7(4-6-8)9(11)12/h3-6H,2H2,1H3,(H,11,12). The fraction of sp³-hybridized carbons (Fsp3) is 0.200. The third kappa shape index (κ3) is 3.07. The molecule has 1 N–H and O–H groups in total. The monoisotopic (exact) mass is 210 g/mol. The summed E-state index contributed by atoms with van der Waals surface area (Å²) in [6.45, 7) is 1.94. The van der Waals surface area contributed by atoms with E-state index >= 15 is 0 Å². The first kappa shape index (κ1) is 11.2. The molecular formula is C10H10O5. The minimum Gasteiger partial charge on any atom is -0.478 e. The Kier molecular flexibility index (Phi) is 3.82. The van der Waals surface area contributed by atoms with Crippen LogP contribution in [0.25, 0.3) is 0 Å². The second-order valence-electron chi connectivity index (χ2n) is 2.66. The molecule has 0 saturated carbocycles. The Labute approximate surface area is 86.2 Å². The molecule has 0 aliphatic heterocycles. The zero-order valence-corrected chi connectivity index (χ0v) is 8.10. The Bertz CT molecular complexity index is 355. The number of carboxylic acids is 1. The van der Waals surface area contributed by atoms with E-state index in [0.717, 1.165) is 0 Å². The quantitative estimate of drug-likeness (QED) is 0.602. The maximum Gasteiger partial charge on any atom is 0.373 e. The van der Waals surface area contributed by atoms with Gasteiger partial charge in [-0.1, -0.05) is 0 Å². The van der Waals surface area contributed by atoms with Gasteiger partial charge in [0.1, 0.15) is 0 Å². The van der Waals surface area contributed by atoms with Crippen LogP contribution in [0.3, 0.4) is 0 Å². The van der Waals surface area contributed by atoms with Crippen molar-refractivity contribution in [2.24, 2.45) is 0 Å². The first-order valence-corrected chi connectivity index (χ1v) is 4.32. The third-order valence-electron chi connectivity index (χ3n) is 1.62. The number of benzene rings is 1. The van der Waals surface area contributed by atoms with E-state index in [-0.39, 0.29) is 17.7 Å². The van der Waals surface area contributed by atoms with E-state index in [1.165, 1.54) is 24.3 Å². The van der Waals surface area contributed by atoms with Crippen LogP contribution in [0.5, 0.6) is 0 Å². The van der Waals surface area contributed by atoms with Crippen LogP contribution < -0.4 is 0 Å². The largest absolute Gasteiger partial charge is 0.478 e. The molecule has 0 spiro atoms. The molecule has 0 heterocycles. The maximum absolute atomic E-state index is 11.2. The zero-order valence-electron chi connectivity index (χ0n) is 8.10. The van der Waals surface area contributed by atoms with E-state index in [1.807, 2.05) is 0 Å². The molecule has 0 saturated heterocycles. The summed E-state index contributed by atoms with van der Waals surface area (Å²) in [5, 5.41) is 8.61. The Balaban J connectivity index is 2.71. The Morgan fingerprint density at radius 3 is 2.20 bits per heavy atom. The highest BCUT2D eigenvalue weighted by Crippen LogP contribution is 2.06. The lowest BCUT2D eigenvalue weighted by molar-refractivity contribution is -0.236. The number of rotatable bonds is 4. The molecule has 15 heavy (non-hydrogen) atoms. The van der Waals surface area contributed by atoms with Crippen molar-refractivity contribution < 1.29 is 24.5 Å². The van der Waals surface area contributed by atoms with Gasteiger partial charge in [-0.25, -0.2) is 9.59 Å². The minimum atomic E-state index is -1.04. The highest BCUT2D eigenvalue weighted by molar-refractivity contribution is 5.92. The smallest absolute Gasteiger partial charge is 0.373 e. The van der Waals surface area contributed by atoms with Gasteiger partial charge in [-0.15, -0.1) is 0 Å². The van der Waals surface area contributed by atoms with E-state index in [2.05, 4.69) is 9.78 Å². The fourth-order valence-electron chi connectivity index (χ4n) is 0.909. The van der Waals surface area contributed by atoms with Crippen molar-refractivity contribution in [3.63, 3.8) is 0 Å². The molecule has 0 atom stereocenters. The molecule has 5 nitrogen and oxygen atoms in total. The van der Waals surface area contributed by atoms with Gasteiger partial charge in [-0.2, -0.15) is 4.89 Å². The second kappa shape index (κ2) is 5.11. The molecule has 0 radical (unpaired) electrons. The van der Waals surface area contributed by atoms with Gasteiger partial charge in [0, 0.05) is 0 Å². The molecule has 0 bridgehead atoms. The minimum absolute atomic E-state index is 0.114. The highest BCUT2D eigenvalue weighted by atomic mass is 17.2. The summed E-state index contributed by atoms with van der Waals surface area (Å²) >= 11 is 0. The van der Waals surface area contributed by atoms with Crippen LogP contribution in [0.1, 0.15) is 27.6 Å². The molecule has 0 amide bonds. The van der Waals surface area contributed by atoms with Gasteiger partial charge in [-0.3, -0.25) is 4.89 Å². The van der Waals surface area contributed by atoms with Gasteiger partial charge in [-0.05, 0) is 31.2 Å². The van der Waals surface area contributed by atoms with Crippen molar-refractivity contribution in [1.29, 1.82) is 0 Å². The molecule has 0 aliphatic carbocycles. The predicted molar refractivity (Wildman–Crippen MR) is 50.4 cm³/mol. The summed E-state index contributed by atoms with van der Waals surface area (Å²) < 4.78 is 0. The molecular weight excluding hydrogens is 200 g/mol. The van der Waals surface area contributed by atoms with Crippen molar-refractivity contribution in [2.75, 3.05) is 6.61 Å². The summed E-state index contributed by atoms with van der Waals surface area (Å²) in [6.07, 6.45) is 0. The van der Waals surface area contributed by atoms with Crippen LogP contribution in [0, 0.1) is 0 Å². The normalized spacial score (nSPS) is 9.67. The van der Waals surface area contributed by atoms with Crippen LogP contribution in [-0.4, -0.2) is 23.7 Å². The summed E-state index contributed by atoms with van der Waals surface area (Å²) in [4.78, 5) is 30.6. The van der Waals surface area contributed by atoms with Crippen molar-refractivity contribution in [3.8, 4) is 0 Å². The van der Waals surface area contributed by atoms with Crippen LogP contribution in [-0.2, 0) is 9.78 Å². The summed E-state index contributed by atoms with van der Waals surface area (Å²) in [6, 6.07) is 5.38. The summed E-state index contributed by atoms with van der Waals surface area (Å²) in [5.41, 5.74) is 0.358. The molecule has 80 valence electrons. The van der Waals surface area contributed by atoms with Crippen molar-refractivity contribution in [2.45, 2.75) is 6.92 Å². The first-order chi connectivity index (χ1) is 7.15. The number of aromatic carboxylic acids is 1. The molecule has 0 aromatic heterocycles. The van der Waals surface area contributed by atoms with Gasteiger partial charge >= 0.3 is 11.9 Å².